The molecule has 0 bridgehead atoms. The molecule has 7 heteroatoms. The van der Waals surface area contributed by atoms with Crippen molar-refractivity contribution in [3.05, 3.63) is 48.0 Å². The lowest BCUT2D eigenvalue weighted by Crippen LogP contribution is -2.43. The maximum absolute atomic E-state index is 14.8. The smallest absolute Gasteiger partial charge is 0.386 e. The first-order valence-corrected chi connectivity index (χ1v) is 8.48. The number of benzene rings is 2. The van der Waals surface area contributed by atoms with Gasteiger partial charge in [-0.3, -0.25) is 5.01 Å². The fourth-order valence-electron chi connectivity index (χ4n) is 2.75. The van der Waals surface area contributed by atoms with Crippen LogP contribution < -0.4 is 0 Å². The third kappa shape index (κ3) is 3.83. The predicted octanol–water partition coefficient (Wildman–Crippen LogP) is 3.07. The molecule has 0 unspecified atom stereocenters. The van der Waals surface area contributed by atoms with Crippen LogP contribution in [0.1, 0.15) is 12.5 Å². The van der Waals surface area contributed by atoms with Gasteiger partial charge in [-0.1, -0.05) is 36.4 Å². The summed E-state index contributed by atoms with van der Waals surface area (Å²) in [6, 6.07) is 12.3. The maximum Gasteiger partial charge on any atom is 0.386 e. The lowest BCUT2D eigenvalue weighted by Gasteiger charge is -2.27. The molecule has 1 heterocycles. The van der Waals surface area contributed by atoms with Gasteiger partial charge < -0.3 is 9.47 Å². The van der Waals surface area contributed by atoms with Crippen molar-refractivity contribution >= 4 is 22.5 Å². The minimum atomic E-state index is -3.85. The molecule has 1 saturated heterocycles. The Morgan fingerprint density at radius 1 is 1.19 bits per heavy atom. The summed E-state index contributed by atoms with van der Waals surface area (Å²) in [6.07, 6.45) is 0. The third-order valence-electron chi connectivity index (χ3n) is 4.08. The summed E-state index contributed by atoms with van der Waals surface area (Å²) in [5.41, 5.74) is -0.420. The van der Waals surface area contributed by atoms with E-state index in [0.717, 1.165) is 10.8 Å². The van der Waals surface area contributed by atoms with Crippen molar-refractivity contribution in [1.82, 2.24) is 5.01 Å². The van der Waals surface area contributed by atoms with Gasteiger partial charge in [-0.05, 0) is 23.8 Å². The summed E-state index contributed by atoms with van der Waals surface area (Å²) in [5.74, 6) is -5.45. The largest absolute Gasteiger partial charge is 0.461 e. The number of hydrazone groups is 1. The second-order valence-electron chi connectivity index (χ2n) is 5.87. The molecule has 0 amide bonds. The van der Waals surface area contributed by atoms with Crippen LogP contribution in [-0.2, 0) is 14.3 Å². The Bertz CT molecular complexity index is 817. The van der Waals surface area contributed by atoms with Crippen LogP contribution in [0.15, 0.2) is 47.6 Å². The molecule has 2 aromatic rings. The van der Waals surface area contributed by atoms with Crippen molar-refractivity contribution in [3.63, 3.8) is 0 Å². The molecule has 3 rings (SSSR count). The molecule has 1 fully saturated rings. The third-order valence-corrected chi connectivity index (χ3v) is 4.08. The van der Waals surface area contributed by atoms with E-state index in [0.29, 0.717) is 26.3 Å². The number of fused-ring (bicyclic) bond motifs is 1. The van der Waals surface area contributed by atoms with Gasteiger partial charge in [0.25, 0.3) is 0 Å². The van der Waals surface area contributed by atoms with Gasteiger partial charge in [0.1, 0.15) is 5.71 Å². The van der Waals surface area contributed by atoms with E-state index in [1.54, 1.807) is 18.2 Å². The molecule has 0 saturated carbocycles. The van der Waals surface area contributed by atoms with Crippen molar-refractivity contribution in [2.45, 2.75) is 12.8 Å². The highest BCUT2D eigenvalue weighted by Gasteiger charge is 2.47. The normalized spacial score (nSPS) is 16.0. The number of hydrogen-bond donors (Lipinski definition) is 0. The topological polar surface area (TPSA) is 51.1 Å². The Morgan fingerprint density at radius 2 is 1.88 bits per heavy atom. The highest BCUT2D eigenvalue weighted by atomic mass is 19.3. The molecule has 138 valence electrons. The number of carbonyl (C=O) groups is 1. The fraction of sp³-hybridized carbons (Fsp3) is 0.368. The van der Waals surface area contributed by atoms with Crippen LogP contribution in [0.2, 0.25) is 0 Å². The van der Waals surface area contributed by atoms with Crippen molar-refractivity contribution in [1.29, 1.82) is 0 Å². The van der Waals surface area contributed by atoms with Gasteiger partial charge in [0.2, 0.25) is 0 Å². The molecule has 1 aliphatic rings. The van der Waals surface area contributed by atoms with E-state index in [2.05, 4.69) is 9.84 Å². The number of nitrogens with zero attached hydrogens (tertiary/aromatic N) is 2. The maximum atomic E-state index is 14.8. The van der Waals surface area contributed by atoms with Crippen molar-refractivity contribution in [2.75, 3.05) is 32.9 Å². The Kier molecular flexibility index (Phi) is 5.46. The van der Waals surface area contributed by atoms with Gasteiger partial charge in [-0.15, -0.1) is 0 Å². The number of hydrogen-bond acceptors (Lipinski definition) is 5. The van der Waals surface area contributed by atoms with E-state index >= 15 is 0 Å². The monoisotopic (exact) mass is 362 g/mol. The highest BCUT2D eigenvalue weighted by molar-refractivity contribution is 6.17. The lowest BCUT2D eigenvalue weighted by molar-refractivity contribution is -0.162. The molecule has 0 N–H and O–H groups in total. The molecule has 0 aromatic heterocycles. The van der Waals surface area contributed by atoms with Gasteiger partial charge in [-0.25, -0.2) is 4.79 Å². The zero-order valence-electron chi connectivity index (χ0n) is 14.5. The van der Waals surface area contributed by atoms with Crippen LogP contribution in [0, 0.1) is 0 Å². The zero-order chi connectivity index (χ0) is 18.6. The molecule has 0 aliphatic carbocycles. The van der Waals surface area contributed by atoms with E-state index in [-0.39, 0.29) is 12.2 Å². The van der Waals surface area contributed by atoms with Crippen molar-refractivity contribution in [2.24, 2.45) is 5.10 Å². The molecular weight excluding hydrogens is 342 g/mol. The van der Waals surface area contributed by atoms with E-state index in [1.807, 2.05) is 24.3 Å². The SMILES string of the molecule is CCOC(=O)C(F)(F)/C(=N/N1CCOCC1)c1ccc2ccccc2c1. The molecule has 0 atom stereocenters. The number of carbonyl (C=O) groups excluding carboxylic acids is 1. The van der Waals surface area contributed by atoms with Gasteiger partial charge >= 0.3 is 11.9 Å². The minimum Gasteiger partial charge on any atom is -0.461 e. The second kappa shape index (κ2) is 7.78. The van der Waals surface area contributed by atoms with Crippen molar-refractivity contribution in [3.8, 4) is 0 Å². The van der Waals surface area contributed by atoms with Gasteiger partial charge in [0, 0.05) is 5.56 Å². The summed E-state index contributed by atoms with van der Waals surface area (Å²) < 4.78 is 39.5. The highest BCUT2D eigenvalue weighted by Crippen LogP contribution is 2.26. The number of rotatable bonds is 5. The molecule has 0 radical (unpaired) electrons. The molecule has 2 aromatic carbocycles. The van der Waals surface area contributed by atoms with Gasteiger partial charge in [0.05, 0.1) is 32.9 Å². The number of ether oxygens (including phenoxy) is 2. The lowest BCUT2D eigenvalue weighted by atomic mass is 10.0. The Hall–Kier alpha value is -2.54. The van der Waals surface area contributed by atoms with Gasteiger partial charge in [-0.2, -0.15) is 13.9 Å². The first-order valence-electron chi connectivity index (χ1n) is 8.48. The molecule has 0 spiro atoms. The van der Waals surface area contributed by atoms with Crippen molar-refractivity contribution < 1.29 is 23.0 Å². The Morgan fingerprint density at radius 3 is 2.58 bits per heavy atom. The van der Waals surface area contributed by atoms with E-state index in [1.165, 1.54) is 11.9 Å². The summed E-state index contributed by atoms with van der Waals surface area (Å²) >= 11 is 0. The summed E-state index contributed by atoms with van der Waals surface area (Å²) in [7, 11) is 0. The number of morpholine rings is 1. The number of halogens is 2. The molecule has 5 nitrogen and oxygen atoms in total. The average molecular weight is 362 g/mol. The summed E-state index contributed by atoms with van der Waals surface area (Å²) in [4.78, 5) is 11.9. The minimum absolute atomic E-state index is 0.128. The van der Waals surface area contributed by atoms with Crippen LogP contribution >= 0.6 is 0 Å². The number of alkyl halides is 2. The molecule has 1 aliphatic heterocycles. The predicted molar refractivity (Wildman–Crippen MR) is 94.5 cm³/mol. The Balaban J connectivity index is 2.06. The fourth-order valence-corrected chi connectivity index (χ4v) is 2.75. The van der Waals surface area contributed by atoms with E-state index < -0.39 is 17.6 Å². The first kappa shape index (κ1) is 18.3. The average Bonchev–Trinajstić information content (AvgIpc) is 2.66. The summed E-state index contributed by atoms with van der Waals surface area (Å²) in [6.45, 7) is 2.94. The first-order chi connectivity index (χ1) is 12.5. The molecule has 26 heavy (non-hydrogen) atoms. The van der Waals surface area contributed by atoms with Gasteiger partial charge in [0.15, 0.2) is 0 Å². The van der Waals surface area contributed by atoms with Crippen LogP contribution in [0.3, 0.4) is 0 Å². The van der Waals surface area contributed by atoms with Crippen LogP contribution in [-0.4, -0.2) is 55.5 Å². The summed E-state index contributed by atoms with van der Waals surface area (Å²) in [5, 5.41) is 7.32. The van der Waals surface area contributed by atoms with E-state index in [9.17, 15) is 13.6 Å². The zero-order valence-corrected chi connectivity index (χ0v) is 14.5. The molecular formula is C19H20F2N2O3. The quantitative estimate of drug-likeness (QED) is 0.606. The van der Waals surface area contributed by atoms with E-state index in [4.69, 9.17) is 4.74 Å². The van der Waals surface area contributed by atoms with Crippen LogP contribution in [0.5, 0.6) is 0 Å². The Labute approximate surface area is 150 Å². The number of esters is 1. The van der Waals surface area contributed by atoms with Crippen LogP contribution in [0.25, 0.3) is 10.8 Å². The van der Waals surface area contributed by atoms with Crippen LogP contribution in [0.4, 0.5) is 8.78 Å². The standard InChI is InChI=1S/C19H20F2N2O3/c1-2-26-18(24)19(20,21)17(22-23-9-11-25-12-10-23)16-8-7-14-5-3-4-6-15(14)13-16/h3-8,13H,2,9-12H2,1H3/b22-17+. The second-order valence-corrected chi connectivity index (χ2v) is 5.87.